The van der Waals surface area contributed by atoms with Crippen LogP contribution in [0.15, 0.2) is 48.7 Å². The zero-order chi connectivity index (χ0) is 18.7. The number of hydrogen-bond donors (Lipinski definition) is 1. The van der Waals surface area contributed by atoms with Crippen LogP contribution in [-0.2, 0) is 7.05 Å². The highest BCUT2D eigenvalue weighted by molar-refractivity contribution is 6.05. The molecule has 0 spiro atoms. The summed E-state index contributed by atoms with van der Waals surface area (Å²) in [6, 6.07) is 12.7. The van der Waals surface area contributed by atoms with Crippen molar-refractivity contribution in [1.82, 2.24) is 9.55 Å². The van der Waals surface area contributed by atoms with Gasteiger partial charge in [0.05, 0.1) is 24.6 Å². The molecule has 0 aliphatic heterocycles. The predicted octanol–water partition coefficient (Wildman–Crippen LogP) is 4.09. The first kappa shape index (κ1) is 17.5. The van der Waals surface area contributed by atoms with E-state index in [0.29, 0.717) is 28.6 Å². The molecule has 0 saturated carbocycles. The number of aromatic nitrogens is 2. The largest absolute Gasteiger partial charge is 0.493 e. The molecule has 2 heterocycles. The summed E-state index contributed by atoms with van der Waals surface area (Å²) in [5.74, 6) is 1.46. The maximum Gasteiger partial charge on any atom is 0.257 e. The fourth-order valence-electron chi connectivity index (χ4n) is 2.61. The number of nitrogens with zero attached hydrogens (tertiary/aromatic N) is 2. The Morgan fingerprint density at radius 1 is 1.12 bits per heavy atom. The summed E-state index contributed by atoms with van der Waals surface area (Å²) < 4.78 is 13.0. The quantitative estimate of drug-likeness (QED) is 0.752. The molecule has 0 aliphatic rings. The lowest BCUT2D eigenvalue weighted by molar-refractivity contribution is 0.102. The third kappa shape index (κ3) is 3.54. The molecule has 1 aromatic carbocycles. The lowest BCUT2D eigenvalue weighted by Crippen LogP contribution is -2.13. The third-order valence-electron chi connectivity index (χ3n) is 4.30. The summed E-state index contributed by atoms with van der Waals surface area (Å²) in [5.41, 5.74) is 3.21. The molecule has 3 rings (SSSR count). The van der Waals surface area contributed by atoms with E-state index < -0.39 is 0 Å². The first-order chi connectivity index (χ1) is 12.5. The van der Waals surface area contributed by atoms with Crippen molar-refractivity contribution in [3.63, 3.8) is 0 Å². The number of rotatable bonds is 5. The summed E-state index contributed by atoms with van der Waals surface area (Å²) >= 11 is 0. The molecular formula is C20H21N3O3. The molecule has 6 heteroatoms. The second kappa shape index (κ2) is 7.31. The lowest BCUT2D eigenvalue weighted by Gasteiger charge is -2.10. The monoisotopic (exact) mass is 351 g/mol. The Bertz CT molecular complexity index is 930. The minimum Gasteiger partial charge on any atom is -0.493 e. The standard InChI is InChI=1S/C20H21N3O3/c1-13-11-16(14(2)23(13)3)20(24)22-15-9-10-19(21-12-15)26-18-8-6-5-7-17(18)25-4/h5-12H,1-4H3,(H,22,24). The van der Waals surface area contributed by atoms with Crippen LogP contribution in [-0.4, -0.2) is 22.6 Å². The maximum atomic E-state index is 12.5. The highest BCUT2D eigenvalue weighted by Crippen LogP contribution is 2.30. The minimum absolute atomic E-state index is 0.161. The van der Waals surface area contributed by atoms with Gasteiger partial charge in [-0.25, -0.2) is 4.98 Å². The third-order valence-corrected chi connectivity index (χ3v) is 4.30. The van der Waals surface area contributed by atoms with Crippen LogP contribution in [0.1, 0.15) is 21.7 Å². The van der Waals surface area contributed by atoms with E-state index in [2.05, 4.69) is 10.3 Å². The van der Waals surface area contributed by atoms with Crippen LogP contribution in [0, 0.1) is 13.8 Å². The zero-order valence-electron chi connectivity index (χ0n) is 15.2. The highest BCUT2D eigenvalue weighted by Gasteiger charge is 2.14. The Labute approximate surface area is 152 Å². The Morgan fingerprint density at radius 2 is 1.85 bits per heavy atom. The van der Waals surface area contributed by atoms with Gasteiger partial charge in [-0.3, -0.25) is 4.79 Å². The van der Waals surface area contributed by atoms with Gasteiger partial charge in [-0.2, -0.15) is 0 Å². The molecule has 1 amide bonds. The molecule has 1 N–H and O–H groups in total. The van der Waals surface area contributed by atoms with Crippen molar-refractivity contribution < 1.29 is 14.3 Å². The van der Waals surface area contributed by atoms with Gasteiger partial charge in [0.2, 0.25) is 5.88 Å². The van der Waals surface area contributed by atoms with Gasteiger partial charge in [-0.1, -0.05) is 12.1 Å². The van der Waals surface area contributed by atoms with Crippen molar-refractivity contribution >= 4 is 11.6 Å². The van der Waals surface area contributed by atoms with Crippen molar-refractivity contribution in [2.75, 3.05) is 12.4 Å². The van der Waals surface area contributed by atoms with Crippen molar-refractivity contribution in [2.45, 2.75) is 13.8 Å². The van der Waals surface area contributed by atoms with Gasteiger partial charge >= 0.3 is 0 Å². The molecule has 26 heavy (non-hydrogen) atoms. The van der Waals surface area contributed by atoms with E-state index in [1.54, 1.807) is 31.5 Å². The van der Waals surface area contributed by atoms with E-state index in [1.807, 2.05) is 49.7 Å². The number of amides is 1. The number of benzene rings is 1. The first-order valence-electron chi connectivity index (χ1n) is 8.21. The summed E-state index contributed by atoms with van der Waals surface area (Å²) in [4.78, 5) is 16.7. The number of methoxy groups -OCH3 is 1. The van der Waals surface area contributed by atoms with E-state index in [-0.39, 0.29) is 5.91 Å². The van der Waals surface area contributed by atoms with Crippen LogP contribution >= 0.6 is 0 Å². The molecule has 0 fully saturated rings. The molecule has 2 aromatic heterocycles. The topological polar surface area (TPSA) is 65.4 Å². The number of aryl methyl sites for hydroxylation is 1. The second-order valence-corrected chi connectivity index (χ2v) is 5.94. The van der Waals surface area contributed by atoms with Crippen molar-refractivity contribution in [2.24, 2.45) is 7.05 Å². The van der Waals surface area contributed by atoms with E-state index >= 15 is 0 Å². The fraction of sp³-hybridized carbons (Fsp3) is 0.200. The SMILES string of the molecule is COc1ccccc1Oc1ccc(NC(=O)c2cc(C)n(C)c2C)cn1. The zero-order valence-corrected chi connectivity index (χ0v) is 15.2. The Kier molecular flexibility index (Phi) is 4.93. The predicted molar refractivity (Wildman–Crippen MR) is 100 cm³/mol. The van der Waals surface area contributed by atoms with Gasteiger partial charge in [0, 0.05) is 24.5 Å². The van der Waals surface area contributed by atoms with Crippen LogP contribution in [0.5, 0.6) is 17.4 Å². The smallest absolute Gasteiger partial charge is 0.257 e. The second-order valence-electron chi connectivity index (χ2n) is 5.94. The molecule has 0 radical (unpaired) electrons. The summed E-state index contributed by atoms with van der Waals surface area (Å²) in [6.07, 6.45) is 1.56. The minimum atomic E-state index is -0.161. The van der Waals surface area contributed by atoms with Crippen molar-refractivity contribution in [3.05, 3.63) is 65.6 Å². The number of hydrogen-bond acceptors (Lipinski definition) is 4. The van der Waals surface area contributed by atoms with Crippen LogP contribution in [0.25, 0.3) is 0 Å². The number of anilines is 1. The summed E-state index contributed by atoms with van der Waals surface area (Å²) in [6.45, 7) is 3.89. The molecule has 0 unspecified atom stereocenters. The van der Waals surface area contributed by atoms with Gasteiger partial charge in [-0.15, -0.1) is 0 Å². The van der Waals surface area contributed by atoms with E-state index in [0.717, 1.165) is 11.4 Å². The first-order valence-corrected chi connectivity index (χ1v) is 8.21. The molecule has 0 saturated heterocycles. The van der Waals surface area contributed by atoms with Gasteiger partial charge in [-0.05, 0) is 38.1 Å². The molecule has 0 atom stereocenters. The number of para-hydroxylation sites is 2. The lowest BCUT2D eigenvalue weighted by atomic mass is 10.2. The van der Waals surface area contributed by atoms with E-state index in [4.69, 9.17) is 9.47 Å². The molecule has 134 valence electrons. The van der Waals surface area contributed by atoms with Crippen LogP contribution < -0.4 is 14.8 Å². The van der Waals surface area contributed by atoms with Gasteiger partial charge in [0.1, 0.15) is 0 Å². The molecule has 0 bridgehead atoms. The number of ether oxygens (including phenoxy) is 2. The summed E-state index contributed by atoms with van der Waals surface area (Å²) in [7, 11) is 3.52. The normalized spacial score (nSPS) is 10.5. The van der Waals surface area contributed by atoms with Gasteiger partial charge in [0.25, 0.3) is 5.91 Å². The van der Waals surface area contributed by atoms with Crippen molar-refractivity contribution in [3.8, 4) is 17.4 Å². The van der Waals surface area contributed by atoms with Gasteiger partial charge in [0.15, 0.2) is 11.5 Å². The van der Waals surface area contributed by atoms with E-state index in [1.165, 1.54) is 0 Å². The average molecular weight is 351 g/mol. The Hall–Kier alpha value is -3.28. The van der Waals surface area contributed by atoms with Crippen molar-refractivity contribution in [1.29, 1.82) is 0 Å². The number of nitrogens with one attached hydrogen (secondary N) is 1. The molecule has 3 aromatic rings. The Morgan fingerprint density at radius 3 is 2.42 bits per heavy atom. The van der Waals surface area contributed by atoms with Crippen LogP contribution in [0.4, 0.5) is 5.69 Å². The van der Waals surface area contributed by atoms with Crippen LogP contribution in [0.3, 0.4) is 0 Å². The number of pyridine rings is 1. The van der Waals surface area contributed by atoms with Gasteiger partial charge < -0.3 is 19.4 Å². The highest BCUT2D eigenvalue weighted by atomic mass is 16.5. The summed E-state index contributed by atoms with van der Waals surface area (Å²) in [5, 5.41) is 2.86. The van der Waals surface area contributed by atoms with E-state index in [9.17, 15) is 4.79 Å². The number of carbonyl (C=O) groups is 1. The Balaban J connectivity index is 1.71. The maximum absolute atomic E-state index is 12.5. The average Bonchev–Trinajstić information content (AvgIpc) is 2.91. The fourth-order valence-corrected chi connectivity index (χ4v) is 2.61. The van der Waals surface area contributed by atoms with Crippen LogP contribution in [0.2, 0.25) is 0 Å². The molecule has 0 aliphatic carbocycles. The molecular weight excluding hydrogens is 330 g/mol. The molecule has 6 nitrogen and oxygen atoms in total. The number of carbonyl (C=O) groups excluding carboxylic acids is 1.